The van der Waals surface area contributed by atoms with Gasteiger partial charge in [-0.2, -0.15) is 0 Å². The number of benzene rings is 3. The first-order valence-corrected chi connectivity index (χ1v) is 11.0. The molecule has 0 radical (unpaired) electrons. The molecule has 7 heteroatoms. The molecule has 4 rings (SSSR count). The average molecular weight is 456 g/mol. The van der Waals surface area contributed by atoms with E-state index < -0.39 is 18.1 Å². The van der Waals surface area contributed by atoms with Crippen LogP contribution in [0.3, 0.4) is 0 Å². The molecular formula is C27H25N3O4. The van der Waals surface area contributed by atoms with Crippen molar-refractivity contribution in [3.63, 3.8) is 0 Å². The number of primary amides is 1. The number of para-hydroxylation sites is 1. The lowest BCUT2D eigenvalue weighted by Crippen LogP contribution is -2.28. The van der Waals surface area contributed by atoms with Crippen molar-refractivity contribution in [2.24, 2.45) is 5.73 Å². The van der Waals surface area contributed by atoms with Gasteiger partial charge in [0.1, 0.15) is 0 Å². The second-order valence-electron chi connectivity index (χ2n) is 7.87. The Morgan fingerprint density at radius 2 is 1.71 bits per heavy atom. The van der Waals surface area contributed by atoms with Crippen LogP contribution in [-0.4, -0.2) is 22.8 Å². The van der Waals surface area contributed by atoms with Gasteiger partial charge in [0.05, 0.1) is 5.56 Å². The molecule has 0 aliphatic carbocycles. The van der Waals surface area contributed by atoms with Gasteiger partial charge in [0, 0.05) is 34.8 Å². The fourth-order valence-electron chi connectivity index (χ4n) is 3.88. The number of nitrogens with two attached hydrogens (primary N) is 1. The fourth-order valence-corrected chi connectivity index (χ4v) is 3.88. The maximum Gasteiger partial charge on any atom is 0.339 e. The molecule has 4 aromatic rings. The van der Waals surface area contributed by atoms with E-state index in [1.54, 1.807) is 54.7 Å². The molecule has 0 bridgehead atoms. The molecule has 1 unspecified atom stereocenters. The Hall–Kier alpha value is -4.39. The molecule has 0 spiro atoms. The van der Waals surface area contributed by atoms with Crippen molar-refractivity contribution in [2.75, 3.05) is 0 Å². The quantitative estimate of drug-likeness (QED) is 0.264. The summed E-state index contributed by atoms with van der Waals surface area (Å²) in [5.74, 6) is -0.924. The number of fused-ring (bicyclic) bond motifs is 1. The molecule has 0 aliphatic rings. The number of H-pyrrole nitrogens is 1. The molecule has 0 fully saturated rings. The Morgan fingerprint density at radius 1 is 0.971 bits per heavy atom. The summed E-state index contributed by atoms with van der Waals surface area (Å²) in [5, 5.41) is 3.29. The van der Waals surface area contributed by atoms with Crippen molar-refractivity contribution in [3.05, 3.63) is 107 Å². The Balaban J connectivity index is 1.62. The van der Waals surface area contributed by atoms with Crippen LogP contribution in [0.5, 0.6) is 0 Å². The highest BCUT2D eigenvalue weighted by molar-refractivity contribution is 6.11. The zero-order valence-electron chi connectivity index (χ0n) is 18.7. The summed E-state index contributed by atoms with van der Waals surface area (Å²) in [4.78, 5) is 40.7. The summed E-state index contributed by atoms with van der Waals surface area (Å²) in [5.41, 5.74) is 9.23. The molecule has 34 heavy (non-hydrogen) atoms. The molecular weight excluding hydrogens is 430 g/mol. The molecule has 0 saturated carbocycles. The number of hydrogen-bond donors (Lipinski definition) is 3. The van der Waals surface area contributed by atoms with E-state index in [4.69, 9.17) is 10.5 Å². The molecule has 3 aromatic carbocycles. The van der Waals surface area contributed by atoms with E-state index in [9.17, 15) is 14.4 Å². The number of aromatic amines is 1. The average Bonchev–Trinajstić information content (AvgIpc) is 3.30. The van der Waals surface area contributed by atoms with Crippen LogP contribution in [0.4, 0.5) is 4.79 Å². The molecule has 1 heterocycles. The fraction of sp³-hybridized carbons (Fsp3) is 0.148. The summed E-state index contributed by atoms with van der Waals surface area (Å²) in [6.07, 6.45) is 1.40. The number of rotatable bonds is 8. The highest BCUT2D eigenvalue weighted by Gasteiger charge is 2.28. The molecule has 2 amide bonds. The number of nitrogens with one attached hydrogen (secondary N) is 2. The number of hydrogen-bond acceptors (Lipinski definition) is 4. The SMILES string of the molecule is CCc1cccc2c(C(=O)C(OC(=O)c3ccc(CNC(N)=O)cc3)c3ccccc3)c[nH]c12. The number of aromatic nitrogens is 1. The zero-order chi connectivity index (χ0) is 24.1. The Labute approximate surface area is 196 Å². The van der Waals surface area contributed by atoms with Gasteiger partial charge in [-0.3, -0.25) is 4.79 Å². The predicted molar refractivity (Wildman–Crippen MR) is 129 cm³/mol. The van der Waals surface area contributed by atoms with Crippen LogP contribution in [0.2, 0.25) is 0 Å². The molecule has 7 nitrogen and oxygen atoms in total. The van der Waals surface area contributed by atoms with Gasteiger partial charge in [0.25, 0.3) is 0 Å². The largest absolute Gasteiger partial charge is 0.445 e. The van der Waals surface area contributed by atoms with Gasteiger partial charge in [-0.15, -0.1) is 0 Å². The number of Topliss-reactive ketones (excluding diaryl/α,β-unsaturated/α-hetero) is 1. The van der Waals surface area contributed by atoms with Gasteiger partial charge < -0.3 is 20.8 Å². The summed E-state index contributed by atoms with van der Waals surface area (Å²) < 4.78 is 5.76. The number of aryl methyl sites for hydroxylation is 1. The number of urea groups is 1. The van der Waals surface area contributed by atoms with E-state index >= 15 is 0 Å². The van der Waals surface area contributed by atoms with Crippen LogP contribution in [-0.2, 0) is 17.7 Å². The van der Waals surface area contributed by atoms with E-state index in [0.717, 1.165) is 28.5 Å². The molecule has 172 valence electrons. The molecule has 4 N–H and O–H groups in total. The minimum Gasteiger partial charge on any atom is -0.445 e. The van der Waals surface area contributed by atoms with Crippen LogP contribution in [0.1, 0.15) is 50.4 Å². The Bertz CT molecular complexity index is 1330. The topological polar surface area (TPSA) is 114 Å². The number of ether oxygens (including phenoxy) is 1. The summed E-state index contributed by atoms with van der Waals surface area (Å²) in [6.45, 7) is 2.30. The second kappa shape index (κ2) is 10.0. The van der Waals surface area contributed by atoms with Crippen molar-refractivity contribution < 1.29 is 19.1 Å². The lowest BCUT2D eigenvalue weighted by molar-refractivity contribution is 0.0280. The van der Waals surface area contributed by atoms with E-state index in [1.807, 2.05) is 24.3 Å². The second-order valence-corrected chi connectivity index (χ2v) is 7.87. The first-order chi connectivity index (χ1) is 16.5. The lowest BCUT2D eigenvalue weighted by atomic mass is 9.98. The van der Waals surface area contributed by atoms with Gasteiger partial charge in [-0.25, -0.2) is 9.59 Å². The van der Waals surface area contributed by atoms with Crippen molar-refractivity contribution in [2.45, 2.75) is 26.0 Å². The number of carbonyl (C=O) groups is 3. The minimum absolute atomic E-state index is 0.246. The highest BCUT2D eigenvalue weighted by atomic mass is 16.5. The molecule has 0 aliphatic heterocycles. The third-order valence-electron chi connectivity index (χ3n) is 5.67. The van der Waals surface area contributed by atoms with Crippen molar-refractivity contribution in [1.29, 1.82) is 0 Å². The van der Waals surface area contributed by atoms with E-state index in [-0.39, 0.29) is 12.3 Å². The lowest BCUT2D eigenvalue weighted by Gasteiger charge is -2.17. The van der Waals surface area contributed by atoms with Gasteiger partial charge in [-0.1, -0.05) is 67.6 Å². The number of carbonyl (C=O) groups excluding carboxylic acids is 3. The maximum absolute atomic E-state index is 13.6. The molecule has 1 aromatic heterocycles. The summed E-state index contributed by atoms with van der Waals surface area (Å²) in [6, 6.07) is 20.7. The van der Waals surface area contributed by atoms with E-state index in [2.05, 4.69) is 17.2 Å². The van der Waals surface area contributed by atoms with Crippen LogP contribution in [0, 0.1) is 0 Å². The van der Waals surface area contributed by atoms with Crippen molar-refractivity contribution >= 4 is 28.7 Å². The summed E-state index contributed by atoms with van der Waals surface area (Å²) >= 11 is 0. The first-order valence-electron chi connectivity index (χ1n) is 11.0. The number of amides is 2. The Morgan fingerprint density at radius 3 is 2.38 bits per heavy atom. The van der Waals surface area contributed by atoms with Crippen LogP contribution >= 0.6 is 0 Å². The first kappa shape index (κ1) is 22.8. The molecule has 0 saturated heterocycles. The minimum atomic E-state index is -1.10. The smallest absolute Gasteiger partial charge is 0.339 e. The van der Waals surface area contributed by atoms with Crippen LogP contribution < -0.4 is 11.1 Å². The monoisotopic (exact) mass is 455 g/mol. The van der Waals surface area contributed by atoms with Crippen LogP contribution in [0.25, 0.3) is 10.9 Å². The number of esters is 1. The highest BCUT2D eigenvalue weighted by Crippen LogP contribution is 2.29. The third-order valence-corrected chi connectivity index (χ3v) is 5.67. The van der Waals surface area contributed by atoms with Crippen LogP contribution in [0.15, 0.2) is 79.0 Å². The van der Waals surface area contributed by atoms with Gasteiger partial charge in [0.15, 0.2) is 6.10 Å². The predicted octanol–water partition coefficient (Wildman–Crippen LogP) is 4.68. The van der Waals surface area contributed by atoms with Gasteiger partial charge in [0.2, 0.25) is 5.78 Å². The standard InChI is InChI=1S/C27H25N3O4/c1-2-18-9-6-10-21-22(16-29-23(18)21)24(31)25(19-7-4-3-5-8-19)34-26(32)20-13-11-17(12-14-20)15-30-27(28)33/h3-14,16,25,29H,2,15H2,1H3,(H3,28,30,33). The van der Waals surface area contributed by atoms with Crippen molar-refractivity contribution in [3.8, 4) is 0 Å². The normalized spacial score (nSPS) is 11.7. The van der Waals surface area contributed by atoms with E-state index in [0.29, 0.717) is 16.7 Å². The molecule has 1 atom stereocenters. The number of ketones is 1. The maximum atomic E-state index is 13.6. The third kappa shape index (κ3) is 4.83. The Kier molecular flexibility index (Phi) is 6.73. The van der Waals surface area contributed by atoms with Gasteiger partial charge >= 0.3 is 12.0 Å². The van der Waals surface area contributed by atoms with Crippen molar-refractivity contribution in [1.82, 2.24) is 10.3 Å². The summed E-state index contributed by atoms with van der Waals surface area (Å²) in [7, 11) is 0. The van der Waals surface area contributed by atoms with E-state index in [1.165, 1.54) is 0 Å². The zero-order valence-corrected chi connectivity index (χ0v) is 18.7. The van der Waals surface area contributed by atoms with Gasteiger partial charge in [-0.05, 0) is 29.7 Å².